The van der Waals surface area contributed by atoms with Crippen molar-refractivity contribution in [2.75, 3.05) is 13.2 Å². The van der Waals surface area contributed by atoms with Crippen molar-refractivity contribution in [2.24, 2.45) is 5.92 Å². The summed E-state index contributed by atoms with van der Waals surface area (Å²) in [6.45, 7) is 7.01. The highest BCUT2D eigenvalue weighted by atomic mass is 16.5. The molecule has 0 N–H and O–H groups in total. The Hall–Kier alpha value is -1.32. The molecular weight excluding hydrogens is 244 g/mol. The molecule has 110 valence electrons. The van der Waals surface area contributed by atoms with Gasteiger partial charge in [-0.2, -0.15) is 0 Å². The van der Waals surface area contributed by atoms with Crippen molar-refractivity contribution in [2.45, 2.75) is 52.9 Å². The van der Waals surface area contributed by atoms with Crippen molar-refractivity contribution in [3.8, 4) is 0 Å². The normalized spacial score (nSPS) is 10.9. The molecule has 0 amide bonds. The average molecular weight is 270 g/mol. The van der Waals surface area contributed by atoms with E-state index in [9.17, 15) is 9.59 Å². The standard InChI is InChI=1S/C15H26O4/c1-4-7-8-11-18-14(16)9-10-15(17)19-12-13(5-2)6-3/h9-10,13H,4-8,11-12H2,1-3H3/b10-9+. The van der Waals surface area contributed by atoms with Gasteiger partial charge in [0.25, 0.3) is 0 Å². The zero-order valence-corrected chi connectivity index (χ0v) is 12.3. The van der Waals surface area contributed by atoms with Crippen LogP contribution in [0, 0.1) is 5.92 Å². The topological polar surface area (TPSA) is 52.6 Å². The molecule has 4 heteroatoms. The molecule has 0 aromatic carbocycles. The van der Waals surface area contributed by atoms with Crippen LogP contribution < -0.4 is 0 Å². The lowest BCUT2D eigenvalue weighted by atomic mass is 10.1. The molecule has 0 aliphatic rings. The summed E-state index contributed by atoms with van der Waals surface area (Å²) in [6, 6.07) is 0. The minimum atomic E-state index is -0.490. The second-order valence-electron chi connectivity index (χ2n) is 4.52. The Bertz CT molecular complexity index is 280. The van der Waals surface area contributed by atoms with E-state index >= 15 is 0 Å². The van der Waals surface area contributed by atoms with Crippen LogP contribution in [0.25, 0.3) is 0 Å². The van der Waals surface area contributed by atoms with Gasteiger partial charge in [0.05, 0.1) is 13.2 Å². The van der Waals surface area contributed by atoms with Gasteiger partial charge in [0.15, 0.2) is 0 Å². The predicted octanol–water partition coefficient (Wildman–Crippen LogP) is 3.26. The molecule has 0 atom stereocenters. The van der Waals surface area contributed by atoms with Crippen LogP contribution in [0.2, 0.25) is 0 Å². The molecule has 0 spiro atoms. The molecule has 0 aromatic heterocycles. The minimum Gasteiger partial charge on any atom is -0.463 e. The summed E-state index contributed by atoms with van der Waals surface area (Å²) < 4.78 is 9.97. The Labute approximate surface area is 116 Å². The van der Waals surface area contributed by atoms with Crippen molar-refractivity contribution < 1.29 is 19.1 Å². The summed E-state index contributed by atoms with van der Waals surface area (Å²) in [5, 5.41) is 0. The summed E-state index contributed by atoms with van der Waals surface area (Å²) in [6.07, 6.45) is 7.19. The third kappa shape index (κ3) is 10.3. The zero-order valence-electron chi connectivity index (χ0n) is 12.3. The zero-order chi connectivity index (χ0) is 14.5. The van der Waals surface area contributed by atoms with Gasteiger partial charge in [-0.25, -0.2) is 9.59 Å². The maximum Gasteiger partial charge on any atom is 0.331 e. The maximum absolute atomic E-state index is 11.3. The van der Waals surface area contributed by atoms with Crippen LogP contribution in [0.3, 0.4) is 0 Å². The van der Waals surface area contributed by atoms with Gasteiger partial charge in [0.1, 0.15) is 0 Å². The molecule has 0 unspecified atom stereocenters. The third-order valence-electron chi connectivity index (χ3n) is 2.96. The van der Waals surface area contributed by atoms with Crippen molar-refractivity contribution in [3.05, 3.63) is 12.2 Å². The van der Waals surface area contributed by atoms with Gasteiger partial charge >= 0.3 is 11.9 Å². The fourth-order valence-corrected chi connectivity index (χ4v) is 1.48. The van der Waals surface area contributed by atoms with E-state index in [0.29, 0.717) is 19.1 Å². The fourth-order valence-electron chi connectivity index (χ4n) is 1.48. The Morgan fingerprint density at radius 3 is 2.05 bits per heavy atom. The number of carbonyl (C=O) groups is 2. The predicted molar refractivity (Wildman–Crippen MR) is 74.7 cm³/mol. The first kappa shape index (κ1) is 17.7. The first-order valence-electron chi connectivity index (χ1n) is 7.15. The maximum atomic E-state index is 11.3. The molecule has 0 aliphatic carbocycles. The molecule has 0 heterocycles. The van der Waals surface area contributed by atoms with Gasteiger partial charge in [-0.3, -0.25) is 0 Å². The number of rotatable bonds is 10. The Balaban J connectivity index is 3.78. The van der Waals surface area contributed by atoms with Crippen molar-refractivity contribution in [1.82, 2.24) is 0 Å². The number of hydrogen-bond acceptors (Lipinski definition) is 4. The smallest absolute Gasteiger partial charge is 0.331 e. The summed E-state index contributed by atoms with van der Waals surface area (Å²) in [7, 11) is 0. The number of ether oxygens (including phenoxy) is 2. The highest BCUT2D eigenvalue weighted by Crippen LogP contribution is 2.07. The molecule has 0 saturated heterocycles. The molecule has 0 saturated carbocycles. The van der Waals surface area contributed by atoms with Crippen LogP contribution in [-0.4, -0.2) is 25.2 Å². The second-order valence-corrected chi connectivity index (χ2v) is 4.52. The van der Waals surface area contributed by atoms with Crippen molar-refractivity contribution in [1.29, 1.82) is 0 Å². The van der Waals surface area contributed by atoms with Gasteiger partial charge in [-0.1, -0.05) is 46.5 Å². The first-order chi connectivity index (χ1) is 9.13. The molecule has 0 radical (unpaired) electrons. The SMILES string of the molecule is CCCCCOC(=O)/C=C/C(=O)OCC(CC)CC. The average Bonchev–Trinajstić information content (AvgIpc) is 2.42. The number of unbranched alkanes of at least 4 members (excludes halogenated alkanes) is 2. The van der Waals surface area contributed by atoms with Crippen molar-refractivity contribution in [3.63, 3.8) is 0 Å². The van der Waals surface area contributed by atoms with Gasteiger partial charge < -0.3 is 9.47 Å². The van der Waals surface area contributed by atoms with Crippen LogP contribution in [-0.2, 0) is 19.1 Å². The van der Waals surface area contributed by atoms with Gasteiger partial charge in [0.2, 0.25) is 0 Å². The highest BCUT2D eigenvalue weighted by molar-refractivity contribution is 5.91. The number of carbonyl (C=O) groups excluding carboxylic acids is 2. The van der Waals surface area contributed by atoms with E-state index < -0.39 is 11.9 Å². The molecule has 4 nitrogen and oxygen atoms in total. The third-order valence-corrected chi connectivity index (χ3v) is 2.96. The number of esters is 2. The van der Waals surface area contributed by atoms with Gasteiger partial charge in [-0.15, -0.1) is 0 Å². The molecule has 0 fully saturated rings. The van der Waals surface area contributed by atoms with Gasteiger partial charge in [-0.05, 0) is 12.3 Å². The van der Waals surface area contributed by atoms with Crippen LogP contribution >= 0.6 is 0 Å². The second kappa shape index (κ2) is 11.8. The molecule has 19 heavy (non-hydrogen) atoms. The van der Waals surface area contributed by atoms with Gasteiger partial charge in [0, 0.05) is 12.2 Å². The van der Waals surface area contributed by atoms with E-state index in [1.807, 2.05) is 0 Å². The monoisotopic (exact) mass is 270 g/mol. The number of hydrogen-bond donors (Lipinski definition) is 0. The van der Waals surface area contributed by atoms with E-state index in [-0.39, 0.29) is 0 Å². The van der Waals surface area contributed by atoms with Crippen LogP contribution in [0.15, 0.2) is 12.2 Å². The van der Waals surface area contributed by atoms with E-state index in [1.165, 1.54) is 0 Å². The molecule has 0 aliphatic heterocycles. The van der Waals surface area contributed by atoms with Crippen molar-refractivity contribution >= 4 is 11.9 Å². The Morgan fingerprint density at radius 2 is 1.53 bits per heavy atom. The molecule has 0 bridgehead atoms. The molecular formula is C15H26O4. The summed E-state index contributed by atoms with van der Waals surface area (Å²) in [4.78, 5) is 22.6. The Morgan fingerprint density at radius 1 is 0.947 bits per heavy atom. The van der Waals surface area contributed by atoms with E-state index in [0.717, 1.165) is 44.3 Å². The van der Waals surface area contributed by atoms with E-state index in [4.69, 9.17) is 9.47 Å². The quantitative estimate of drug-likeness (QED) is 0.347. The summed E-state index contributed by atoms with van der Waals surface area (Å²) >= 11 is 0. The minimum absolute atomic E-state index is 0.387. The van der Waals surface area contributed by atoms with Crippen LogP contribution in [0.1, 0.15) is 52.9 Å². The van der Waals surface area contributed by atoms with E-state index in [2.05, 4.69) is 20.8 Å². The van der Waals surface area contributed by atoms with E-state index in [1.54, 1.807) is 0 Å². The largest absolute Gasteiger partial charge is 0.463 e. The highest BCUT2D eigenvalue weighted by Gasteiger charge is 2.06. The molecule has 0 rings (SSSR count). The molecule has 0 aromatic rings. The first-order valence-corrected chi connectivity index (χ1v) is 7.15. The Kier molecular flexibility index (Phi) is 10.9. The lowest BCUT2D eigenvalue weighted by Crippen LogP contribution is -2.12. The summed E-state index contributed by atoms with van der Waals surface area (Å²) in [5.74, 6) is -0.591. The fraction of sp³-hybridized carbons (Fsp3) is 0.733. The lowest BCUT2D eigenvalue weighted by Gasteiger charge is -2.11. The van der Waals surface area contributed by atoms with Crippen LogP contribution in [0.5, 0.6) is 0 Å². The van der Waals surface area contributed by atoms with Crippen LogP contribution in [0.4, 0.5) is 0 Å². The lowest BCUT2D eigenvalue weighted by molar-refractivity contribution is -0.141. The summed E-state index contributed by atoms with van der Waals surface area (Å²) in [5.41, 5.74) is 0.